The van der Waals surface area contributed by atoms with Crippen LogP contribution in [0.3, 0.4) is 0 Å². The molecule has 2 aliphatic rings. The molecule has 0 fully saturated rings. The number of ether oxygens (including phenoxy) is 15. The van der Waals surface area contributed by atoms with E-state index in [0.29, 0.717) is 172 Å². The van der Waals surface area contributed by atoms with Crippen LogP contribution in [0, 0.1) is 0 Å². The lowest BCUT2D eigenvalue weighted by Gasteiger charge is -2.30. The van der Waals surface area contributed by atoms with Crippen molar-refractivity contribution in [3.05, 3.63) is 106 Å². The number of rotatable bonds is 70. The van der Waals surface area contributed by atoms with Crippen LogP contribution in [0.4, 0.5) is 0 Å². The van der Waals surface area contributed by atoms with Gasteiger partial charge in [-0.1, -0.05) is 218 Å². The van der Waals surface area contributed by atoms with Crippen molar-refractivity contribution in [2.75, 3.05) is 160 Å². The molecule has 4 amide bonds. The van der Waals surface area contributed by atoms with Crippen molar-refractivity contribution in [3.8, 4) is 34.5 Å². The predicted molar refractivity (Wildman–Crippen MR) is 458 cm³/mol. The van der Waals surface area contributed by atoms with Gasteiger partial charge in [-0.15, -0.1) is 0 Å². The smallest absolute Gasteiger partial charge is 0.261 e. The van der Waals surface area contributed by atoms with E-state index >= 15 is 19.2 Å². The van der Waals surface area contributed by atoms with Crippen molar-refractivity contribution in [2.45, 2.75) is 226 Å². The van der Waals surface area contributed by atoms with Gasteiger partial charge in [0.25, 0.3) is 23.6 Å². The highest BCUT2D eigenvalue weighted by atomic mass is 16.6. The fourth-order valence-corrected chi connectivity index (χ4v) is 15.5. The number of amides is 4. The summed E-state index contributed by atoms with van der Waals surface area (Å²) in [5, 5.41) is 5.75. The number of benzene rings is 7. The molecule has 0 aromatic heterocycles. The predicted octanol–water partition coefficient (Wildman–Crippen LogP) is 20.4. The zero-order chi connectivity index (χ0) is 81.6. The molecule has 0 radical (unpaired) electrons. The van der Waals surface area contributed by atoms with Crippen LogP contribution < -0.4 is 28.4 Å². The largest absolute Gasteiger partial charge is 0.490 e. The van der Waals surface area contributed by atoms with Crippen molar-refractivity contribution < 1.29 is 90.2 Å². The first kappa shape index (κ1) is 92.4. The van der Waals surface area contributed by atoms with Gasteiger partial charge in [0.05, 0.1) is 132 Å². The Balaban J connectivity index is 0.969. The molecule has 0 atom stereocenters. The van der Waals surface area contributed by atoms with E-state index in [1.165, 1.54) is 151 Å². The molecular formula is C95H136N2O19. The summed E-state index contributed by atoms with van der Waals surface area (Å²) in [6, 6.07) is 22.3. The second-order valence-electron chi connectivity index (χ2n) is 30.7. The van der Waals surface area contributed by atoms with Crippen LogP contribution in [0.1, 0.15) is 266 Å². The van der Waals surface area contributed by atoms with Crippen LogP contribution in [0.25, 0.3) is 43.1 Å². The summed E-state index contributed by atoms with van der Waals surface area (Å²) in [4.78, 5) is 63.8. The lowest BCUT2D eigenvalue weighted by molar-refractivity contribution is 0.0146. The Bertz CT molecular complexity index is 3770. The van der Waals surface area contributed by atoms with E-state index in [2.05, 4.69) is 20.8 Å². The summed E-state index contributed by atoms with van der Waals surface area (Å²) in [7, 11) is 4.86. The van der Waals surface area contributed by atoms with E-state index in [9.17, 15) is 0 Å². The molecule has 7 aromatic carbocycles. The molecule has 7 aromatic rings. The molecule has 0 saturated carbocycles. The van der Waals surface area contributed by atoms with Gasteiger partial charge in [-0.05, 0) is 111 Å². The molecule has 116 heavy (non-hydrogen) atoms. The maximum atomic E-state index is 15.4. The van der Waals surface area contributed by atoms with Gasteiger partial charge in [-0.25, -0.2) is 0 Å². The molecule has 2 heterocycles. The number of imide groups is 2. The fraction of sp³-hybridized carbons (Fsp3) is 0.621. The van der Waals surface area contributed by atoms with Gasteiger partial charge >= 0.3 is 0 Å². The van der Waals surface area contributed by atoms with Crippen molar-refractivity contribution >= 4 is 66.7 Å². The minimum atomic E-state index is -0.485. The second-order valence-corrected chi connectivity index (χ2v) is 30.7. The van der Waals surface area contributed by atoms with Crippen molar-refractivity contribution in [2.24, 2.45) is 0 Å². The highest BCUT2D eigenvalue weighted by Gasteiger charge is 2.38. The van der Waals surface area contributed by atoms with Gasteiger partial charge in [0.2, 0.25) is 11.5 Å². The van der Waals surface area contributed by atoms with Crippen LogP contribution in [0.5, 0.6) is 34.5 Å². The first-order valence-electron chi connectivity index (χ1n) is 44.1. The zero-order valence-electron chi connectivity index (χ0n) is 71.1. The third kappa shape index (κ3) is 28.4. The summed E-state index contributed by atoms with van der Waals surface area (Å²) in [6.45, 7) is 14.0. The molecule has 9 rings (SSSR count). The van der Waals surface area contributed by atoms with Crippen LogP contribution in [0.15, 0.2) is 72.8 Å². The first-order chi connectivity index (χ1) is 57.2. The van der Waals surface area contributed by atoms with Gasteiger partial charge in [0.15, 0.2) is 23.0 Å². The highest BCUT2D eigenvalue weighted by molar-refractivity contribution is 6.41. The Labute approximate surface area is 690 Å². The summed E-state index contributed by atoms with van der Waals surface area (Å²) in [6.07, 6.45) is 36.3. The van der Waals surface area contributed by atoms with E-state index in [1.807, 2.05) is 48.5 Å². The van der Waals surface area contributed by atoms with Crippen LogP contribution in [-0.4, -0.2) is 194 Å². The molecule has 0 N–H and O–H groups in total. The average Bonchev–Trinajstić information content (AvgIpc) is 0.690. The molecule has 2 aliphatic heterocycles. The number of fused-ring (bicyclic) bond motifs is 2. The highest BCUT2D eigenvalue weighted by Crippen LogP contribution is 2.48. The monoisotopic (exact) mass is 1610 g/mol. The molecule has 21 nitrogen and oxygen atoms in total. The quantitative estimate of drug-likeness (QED) is 0.0150. The van der Waals surface area contributed by atoms with Crippen LogP contribution >= 0.6 is 0 Å². The van der Waals surface area contributed by atoms with Crippen molar-refractivity contribution in [3.63, 3.8) is 0 Å². The molecule has 0 aliphatic carbocycles. The minimum Gasteiger partial charge on any atom is -0.490 e. The van der Waals surface area contributed by atoms with Gasteiger partial charge in [0, 0.05) is 54.4 Å². The SMILES string of the molecule is CCCCCCCCCCCCOc1cc(CN2C(=O)c3ccc4c5ccc6c7c(ccc(c8ccc(c3c48)C2=O)c75)C(=O)N(Cc2cc(OCCOCCOCCOC)c(OCCOCCOCCOC)c(OCCOCCOCCOC)c2)C6=O)cc(OCCCCCCCCCCCC)c1OCCCCCCCCCCCC. The van der Waals surface area contributed by atoms with E-state index in [1.54, 1.807) is 45.6 Å². The molecule has 0 saturated heterocycles. The van der Waals surface area contributed by atoms with E-state index in [0.717, 1.165) is 83.7 Å². The number of unbranched alkanes of at least 4 members (excludes halogenated alkanes) is 27. The zero-order valence-corrected chi connectivity index (χ0v) is 71.1. The van der Waals surface area contributed by atoms with Gasteiger partial charge in [-0.2, -0.15) is 0 Å². The van der Waals surface area contributed by atoms with E-state index < -0.39 is 23.6 Å². The van der Waals surface area contributed by atoms with Crippen molar-refractivity contribution in [1.29, 1.82) is 0 Å². The van der Waals surface area contributed by atoms with Gasteiger partial charge < -0.3 is 71.1 Å². The molecule has 0 bridgehead atoms. The Hall–Kier alpha value is -7.44. The summed E-state index contributed by atoms with van der Waals surface area (Å²) in [5.41, 5.74) is 2.76. The molecule has 0 spiro atoms. The van der Waals surface area contributed by atoms with E-state index in [4.69, 9.17) is 71.1 Å². The normalized spacial score (nSPS) is 12.8. The summed E-state index contributed by atoms with van der Waals surface area (Å²) >= 11 is 0. The topological polar surface area (TPSA) is 213 Å². The lowest BCUT2D eigenvalue weighted by atomic mass is 9.82. The summed E-state index contributed by atoms with van der Waals surface area (Å²) < 4.78 is 89.2. The Morgan fingerprint density at radius 3 is 0.716 bits per heavy atom. The van der Waals surface area contributed by atoms with Crippen molar-refractivity contribution in [1.82, 2.24) is 9.80 Å². The Morgan fingerprint density at radius 1 is 0.233 bits per heavy atom. The number of carbonyl (C=O) groups excluding carboxylic acids is 4. The number of hydrogen-bond acceptors (Lipinski definition) is 19. The Kier molecular flexibility index (Phi) is 42.9. The third-order valence-corrected chi connectivity index (χ3v) is 21.8. The molecule has 0 unspecified atom stereocenters. The number of methoxy groups -OCH3 is 3. The molecular weight excluding hydrogens is 1470 g/mol. The maximum absolute atomic E-state index is 15.4. The molecule has 640 valence electrons. The molecule has 21 heteroatoms. The lowest BCUT2D eigenvalue weighted by Crippen LogP contribution is -2.40. The van der Waals surface area contributed by atoms with Crippen LogP contribution in [0.2, 0.25) is 0 Å². The summed E-state index contributed by atoms with van der Waals surface area (Å²) in [5.74, 6) is 0.835. The number of carbonyl (C=O) groups is 4. The third-order valence-electron chi connectivity index (χ3n) is 21.8. The maximum Gasteiger partial charge on any atom is 0.261 e. The minimum absolute atomic E-state index is 0.0189. The average molecular weight is 1610 g/mol. The van der Waals surface area contributed by atoms with Gasteiger partial charge in [-0.3, -0.25) is 29.0 Å². The standard InChI is InChI=1S/C95H136N2O19/c1-7-10-13-16-19-22-25-28-31-34-45-111-82-66-72(67-83(112-46-35-32-29-26-23-20-17-14-11-8-2)90(82)115-47-36-33-30-27-24-21-18-15-12-9-3)70-96-92(98)78-41-37-74-76-39-43-80-89-81(44-40-77(87(76)89)75-38-42-79(93(96)99)88(78)86(74)75)95(101)97(94(80)100)71-73-68-84(113-63-60-108-57-54-105-51-48-102-4)91(116-65-62-110-59-56-107-53-50-104-6)85(69-73)114-64-61-109-58-55-106-52-49-103-5/h37-44,66-69H,7-36,45-65,70-71H2,1-6H3. The number of nitrogens with zero attached hydrogens (tertiary/aromatic N) is 2. The van der Waals surface area contributed by atoms with Gasteiger partial charge in [0.1, 0.15) is 19.8 Å². The number of hydrogen-bond donors (Lipinski definition) is 0. The first-order valence-corrected chi connectivity index (χ1v) is 44.1. The van der Waals surface area contributed by atoms with E-state index in [-0.39, 0.29) is 58.5 Å². The second kappa shape index (κ2) is 53.9. The fourth-order valence-electron chi connectivity index (χ4n) is 15.5. The van der Waals surface area contributed by atoms with Crippen LogP contribution in [-0.2, 0) is 55.7 Å². The Morgan fingerprint density at radius 2 is 0.448 bits per heavy atom.